The zero-order chi connectivity index (χ0) is 14.2. The minimum Gasteiger partial charge on any atom is -0.491 e. The van der Waals surface area contributed by atoms with Gasteiger partial charge in [-0.15, -0.1) is 0 Å². The number of carbonyl (C=O) groups is 1. The van der Waals surface area contributed by atoms with Gasteiger partial charge >= 0.3 is 0 Å². The van der Waals surface area contributed by atoms with Crippen molar-refractivity contribution in [3.8, 4) is 5.75 Å². The van der Waals surface area contributed by atoms with E-state index in [4.69, 9.17) is 16.2 Å². The van der Waals surface area contributed by atoms with Crippen LogP contribution in [0.4, 0.5) is 0 Å². The second-order valence-corrected chi connectivity index (χ2v) is 6.50. The van der Waals surface area contributed by atoms with Gasteiger partial charge in [-0.1, -0.05) is 0 Å². The molecular formula is C11H13N3O4S. The molecule has 0 bridgehead atoms. The maximum atomic E-state index is 12.1. The maximum Gasteiger partial charge on any atom is 0.280 e. The normalized spacial score (nSPS) is 19.9. The van der Waals surface area contributed by atoms with E-state index < -0.39 is 21.0 Å². The third-order valence-corrected chi connectivity index (χ3v) is 4.86. The summed E-state index contributed by atoms with van der Waals surface area (Å²) < 4.78 is 29.6. The van der Waals surface area contributed by atoms with Gasteiger partial charge in [-0.05, 0) is 25.1 Å². The van der Waals surface area contributed by atoms with Crippen LogP contribution in [0.25, 0.3) is 0 Å². The Morgan fingerprint density at radius 3 is 2.74 bits per heavy atom. The molecule has 8 heteroatoms. The molecule has 0 aromatic heterocycles. The number of hydrogen-bond donors (Lipinski definition) is 2. The van der Waals surface area contributed by atoms with E-state index in [9.17, 15) is 13.2 Å². The Kier molecular flexibility index (Phi) is 3.19. The predicted octanol–water partition coefficient (Wildman–Crippen LogP) is -0.345. The number of ether oxygens (including phenoxy) is 1. The van der Waals surface area contributed by atoms with Crippen LogP contribution >= 0.6 is 0 Å². The number of carbonyl (C=O) groups excluding carboxylic acids is 1. The third kappa shape index (κ3) is 2.39. The second kappa shape index (κ2) is 4.54. The van der Waals surface area contributed by atoms with Crippen LogP contribution in [0.5, 0.6) is 5.75 Å². The molecule has 1 amide bonds. The van der Waals surface area contributed by atoms with E-state index in [1.54, 1.807) is 6.92 Å². The minimum absolute atomic E-state index is 0.0112. The lowest BCUT2D eigenvalue weighted by Crippen LogP contribution is -2.30. The molecular weight excluding hydrogens is 270 g/mol. The number of amides is 1. The summed E-state index contributed by atoms with van der Waals surface area (Å²) in [5.41, 5.74) is 10.3. The first-order valence-electron chi connectivity index (χ1n) is 5.47. The van der Waals surface area contributed by atoms with Gasteiger partial charge < -0.3 is 16.2 Å². The van der Waals surface area contributed by atoms with E-state index >= 15 is 0 Å². The summed E-state index contributed by atoms with van der Waals surface area (Å²) in [6, 6.07) is 4.07. The lowest BCUT2D eigenvalue weighted by atomic mass is 10.2. The van der Waals surface area contributed by atoms with Crippen LogP contribution in [0.2, 0.25) is 0 Å². The highest BCUT2D eigenvalue weighted by Gasteiger charge is 2.32. The fraction of sp³-hybridized carbons (Fsp3) is 0.273. The lowest BCUT2D eigenvalue weighted by molar-refractivity contribution is 0.100. The first-order valence-corrected chi connectivity index (χ1v) is 7.01. The van der Waals surface area contributed by atoms with Crippen LogP contribution in [0, 0.1) is 0 Å². The molecule has 0 spiro atoms. The number of nitrogens with zero attached hydrogens (tertiary/aromatic N) is 1. The monoisotopic (exact) mass is 283 g/mol. The molecule has 0 aliphatic carbocycles. The van der Waals surface area contributed by atoms with Crippen molar-refractivity contribution in [1.29, 1.82) is 0 Å². The van der Waals surface area contributed by atoms with E-state index in [2.05, 4.69) is 4.99 Å². The fourth-order valence-corrected chi connectivity index (χ4v) is 3.06. The zero-order valence-electron chi connectivity index (χ0n) is 10.2. The highest BCUT2D eigenvalue weighted by molar-refractivity contribution is 7.92. The molecule has 4 N–H and O–H groups in total. The van der Waals surface area contributed by atoms with Crippen molar-refractivity contribution in [3.63, 3.8) is 0 Å². The number of hydrogen-bond acceptors (Lipinski definition) is 4. The van der Waals surface area contributed by atoms with Gasteiger partial charge in [-0.3, -0.25) is 4.79 Å². The van der Waals surface area contributed by atoms with Gasteiger partial charge in [0.2, 0.25) is 0 Å². The molecule has 0 saturated heterocycles. The van der Waals surface area contributed by atoms with E-state index in [1.807, 2.05) is 0 Å². The zero-order valence-corrected chi connectivity index (χ0v) is 11.0. The Hall–Kier alpha value is -2.09. The van der Waals surface area contributed by atoms with Crippen molar-refractivity contribution in [2.75, 3.05) is 6.61 Å². The predicted molar refractivity (Wildman–Crippen MR) is 68.7 cm³/mol. The number of rotatable bonds is 1. The molecule has 7 nitrogen and oxygen atoms in total. The van der Waals surface area contributed by atoms with E-state index in [1.165, 1.54) is 18.2 Å². The van der Waals surface area contributed by atoms with Gasteiger partial charge in [-0.2, -0.15) is 4.99 Å². The number of guanidine groups is 1. The second-order valence-electron chi connectivity index (χ2n) is 4.17. The van der Waals surface area contributed by atoms with Crippen molar-refractivity contribution in [1.82, 2.24) is 0 Å². The molecule has 102 valence electrons. The first-order chi connectivity index (χ1) is 8.82. The Morgan fingerprint density at radius 1 is 1.42 bits per heavy atom. The van der Waals surface area contributed by atoms with Crippen molar-refractivity contribution >= 4 is 21.7 Å². The summed E-state index contributed by atoms with van der Waals surface area (Å²) in [5, 5.41) is -0.659. The van der Waals surface area contributed by atoms with Crippen molar-refractivity contribution in [3.05, 3.63) is 23.8 Å². The molecule has 1 atom stereocenters. The molecule has 1 heterocycles. The van der Waals surface area contributed by atoms with Crippen LogP contribution < -0.4 is 16.2 Å². The minimum atomic E-state index is -3.49. The number of nitrogens with two attached hydrogens (primary N) is 2. The Morgan fingerprint density at radius 2 is 2.11 bits per heavy atom. The molecule has 0 saturated carbocycles. The molecule has 0 radical (unpaired) electrons. The molecule has 2 rings (SSSR count). The lowest BCUT2D eigenvalue weighted by Gasteiger charge is -2.22. The highest BCUT2D eigenvalue weighted by Crippen LogP contribution is 2.32. The molecule has 1 aromatic rings. The van der Waals surface area contributed by atoms with Gasteiger partial charge in [0.25, 0.3) is 5.91 Å². The Balaban J connectivity index is 2.52. The summed E-state index contributed by atoms with van der Waals surface area (Å²) in [7, 11) is -3.49. The molecule has 1 aromatic carbocycles. The average molecular weight is 283 g/mol. The van der Waals surface area contributed by atoms with Crippen LogP contribution in [0.1, 0.15) is 17.3 Å². The Labute approximate surface area is 110 Å². The van der Waals surface area contributed by atoms with E-state index in [0.29, 0.717) is 0 Å². The maximum absolute atomic E-state index is 12.1. The first kappa shape index (κ1) is 13.3. The molecule has 1 unspecified atom stereocenters. The number of aliphatic imine (C=N–C) groups is 1. The molecule has 0 fully saturated rings. The van der Waals surface area contributed by atoms with E-state index in [-0.39, 0.29) is 28.8 Å². The summed E-state index contributed by atoms with van der Waals surface area (Å²) in [4.78, 5) is 15.0. The van der Waals surface area contributed by atoms with Gasteiger partial charge in [-0.25, -0.2) is 8.42 Å². The van der Waals surface area contributed by atoms with Gasteiger partial charge in [0.05, 0.1) is 5.25 Å². The average Bonchev–Trinajstić information content (AvgIpc) is 2.33. The third-order valence-electron chi connectivity index (χ3n) is 2.73. The number of benzene rings is 1. The quantitative estimate of drug-likeness (QED) is 0.536. The summed E-state index contributed by atoms with van der Waals surface area (Å²) in [5.74, 6) is -0.842. The van der Waals surface area contributed by atoms with Gasteiger partial charge in [0, 0.05) is 5.56 Å². The standard InChI is InChI=1S/C11H13N3O4S/c1-6-5-18-8-3-2-7(10(15)14-11(12)13)4-9(8)19(6,16)17/h2-4,6H,5H2,1H3,(H4,12,13,14,15). The molecule has 19 heavy (non-hydrogen) atoms. The molecule has 1 aliphatic heterocycles. The Bertz CT molecular complexity index is 663. The summed E-state index contributed by atoms with van der Waals surface area (Å²) in [6.45, 7) is 1.64. The van der Waals surface area contributed by atoms with Crippen molar-refractivity contribution < 1.29 is 17.9 Å². The van der Waals surface area contributed by atoms with Gasteiger partial charge in [0.15, 0.2) is 15.8 Å². The fourth-order valence-electron chi connectivity index (χ4n) is 1.68. The van der Waals surface area contributed by atoms with Crippen LogP contribution in [0.15, 0.2) is 28.1 Å². The number of sulfone groups is 1. The summed E-state index contributed by atoms with van der Waals surface area (Å²) >= 11 is 0. The smallest absolute Gasteiger partial charge is 0.280 e. The van der Waals surface area contributed by atoms with E-state index in [0.717, 1.165) is 0 Å². The molecule has 1 aliphatic rings. The summed E-state index contributed by atoms with van der Waals surface area (Å²) in [6.07, 6.45) is 0. The van der Waals surface area contributed by atoms with Crippen molar-refractivity contribution in [2.45, 2.75) is 17.1 Å². The number of fused-ring (bicyclic) bond motifs is 1. The van der Waals surface area contributed by atoms with Crippen LogP contribution in [0.3, 0.4) is 0 Å². The van der Waals surface area contributed by atoms with Crippen LogP contribution in [-0.2, 0) is 9.84 Å². The highest BCUT2D eigenvalue weighted by atomic mass is 32.2. The SMILES string of the molecule is CC1COc2ccc(C(=O)N=C(N)N)cc2S1(=O)=O. The van der Waals surface area contributed by atoms with Gasteiger partial charge in [0.1, 0.15) is 17.3 Å². The van der Waals surface area contributed by atoms with Crippen molar-refractivity contribution in [2.24, 2.45) is 16.5 Å². The largest absolute Gasteiger partial charge is 0.491 e. The van der Waals surface area contributed by atoms with Crippen LogP contribution in [-0.4, -0.2) is 32.1 Å². The topological polar surface area (TPSA) is 125 Å².